The SMILES string of the molecule is CC(C)c1ccsc1C(=O)NC(C)C(O)c1ccc(F)cc1. The quantitative estimate of drug-likeness (QED) is 0.878. The summed E-state index contributed by atoms with van der Waals surface area (Å²) in [6.07, 6.45) is -0.882. The molecule has 0 fully saturated rings. The van der Waals surface area contributed by atoms with Gasteiger partial charge in [-0.05, 0) is 47.5 Å². The van der Waals surface area contributed by atoms with E-state index in [1.807, 2.05) is 25.3 Å². The van der Waals surface area contributed by atoms with E-state index in [0.717, 1.165) is 5.56 Å². The molecule has 1 amide bonds. The molecule has 0 spiro atoms. The second-order valence-corrected chi connectivity index (χ2v) is 6.53. The van der Waals surface area contributed by atoms with Crippen LogP contribution in [0.2, 0.25) is 0 Å². The van der Waals surface area contributed by atoms with Crippen LogP contribution in [0.5, 0.6) is 0 Å². The van der Waals surface area contributed by atoms with Gasteiger partial charge in [-0.3, -0.25) is 4.79 Å². The molecule has 3 nitrogen and oxygen atoms in total. The van der Waals surface area contributed by atoms with Crippen molar-refractivity contribution in [2.75, 3.05) is 0 Å². The molecule has 0 aliphatic rings. The highest BCUT2D eigenvalue weighted by molar-refractivity contribution is 7.12. The van der Waals surface area contributed by atoms with Crippen molar-refractivity contribution in [2.45, 2.75) is 38.8 Å². The average Bonchev–Trinajstić information content (AvgIpc) is 2.97. The van der Waals surface area contributed by atoms with Crippen LogP contribution in [0.1, 0.15) is 53.6 Å². The van der Waals surface area contributed by atoms with Crippen LogP contribution in [-0.2, 0) is 0 Å². The summed E-state index contributed by atoms with van der Waals surface area (Å²) in [4.78, 5) is 13.0. The minimum Gasteiger partial charge on any atom is -0.386 e. The number of rotatable bonds is 5. The van der Waals surface area contributed by atoms with E-state index < -0.39 is 12.1 Å². The number of nitrogens with one attached hydrogen (secondary N) is 1. The third kappa shape index (κ3) is 3.72. The molecule has 0 aliphatic heterocycles. The predicted molar refractivity (Wildman–Crippen MR) is 86.7 cm³/mol. The van der Waals surface area contributed by atoms with Crippen molar-refractivity contribution in [1.29, 1.82) is 0 Å². The fourth-order valence-electron chi connectivity index (χ4n) is 2.26. The number of halogens is 1. The van der Waals surface area contributed by atoms with Gasteiger partial charge in [0.2, 0.25) is 0 Å². The molecule has 2 unspecified atom stereocenters. The molecule has 2 aromatic rings. The van der Waals surface area contributed by atoms with E-state index in [2.05, 4.69) is 5.32 Å². The van der Waals surface area contributed by atoms with Gasteiger partial charge in [-0.1, -0.05) is 26.0 Å². The number of benzene rings is 1. The average molecular weight is 321 g/mol. The zero-order valence-corrected chi connectivity index (χ0v) is 13.7. The highest BCUT2D eigenvalue weighted by atomic mass is 32.1. The Kier molecular flexibility index (Phi) is 5.32. The first-order valence-corrected chi connectivity index (χ1v) is 8.10. The van der Waals surface area contributed by atoms with Crippen LogP contribution < -0.4 is 5.32 Å². The third-order valence-corrected chi connectivity index (χ3v) is 4.50. The molecule has 1 aromatic carbocycles. The van der Waals surface area contributed by atoms with E-state index in [4.69, 9.17) is 0 Å². The summed E-state index contributed by atoms with van der Waals surface area (Å²) in [6, 6.07) is 7.11. The van der Waals surface area contributed by atoms with Gasteiger partial charge in [0.25, 0.3) is 5.91 Å². The monoisotopic (exact) mass is 321 g/mol. The standard InChI is InChI=1S/C17H20FNO2S/c1-10(2)14-8-9-22-16(14)17(21)19-11(3)15(20)12-4-6-13(18)7-5-12/h4-11,15,20H,1-3H3,(H,19,21). The number of aliphatic hydroxyl groups excluding tert-OH is 1. The summed E-state index contributed by atoms with van der Waals surface area (Å²) < 4.78 is 12.9. The van der Waals surface area contributed by atoms with E-state index in [0.29, 0.717) is 10.4 Å². The Morgan fingerprint density at radius 2 is 1.82 bits per heavy atom. The maximum Gasteiger partial charge on any atom is 0.261 e. The maximum absolute atomic E-state index is 12.9. The highest BCUT2D eigenvalue weighted by Gasteiger charge is 2.22. The Bertz CT molecular complexity index is 636. The second-order valence-electron chi connectivity index (χ2n) is 5.62. The summed E-state index contributed by atoms with van der Waals surface area (Å²) in [5, 5.41) is 15.0. The van der Waals surface area contributed by atoms with Crippen LogP contribution in [0, 0.1) is 5.82 Å². The summed E-state index contributed by atoms with van der Waals surface area (Å²) in [5.74, 6) is -0.274. The fraction of sp³-hybridized carbons (Fsp3) is 0.353. The van der Waals surface area contributed by atoms with Gasteiger partial charge in [0, 0.05) is 0 Å². The smallest absolute Gasteiger partial charge is 0.261 e. The number of hydrogen-bond donors (Lipinski definition) is 2. The number of carbonyl (C=O) groups is 1. The van der Waals surface area contributed by atoms with Crippen LogP contribution in [0.15, 0.2) is 35.7 Å². The third-order valence-electron chi connectivity index (χ3n) is 3.57. The Hall–Kier alpha value is -1.72. The highest BCUT2D eigenvalue weighted by Crippen LogP contribution is 2.25. The van der Waals surface area contributed by atoms with Crippen molar-refractivity contribution in [2.24, 2.45) is 0 Å². The van der Waals surface area contributed by atoms with Gasteiger partial charge >= 0.3 is 0 Å². The van der Waals surface area contributed by atoms with Crippen molar-refractivity contribution in [3.05, 3.63) is 57.5 Å². The van der Waals surface area contributed by atoms with Crippen LogP contribution in [0.3, 0.4) is 0 Å². The predicted octanol–water partition coefficient (Wildman–Crippen LogP) is 3.86. The molecule has 0 radical (unpaired) electrons. The molecule has 1 heterocycles. The lowest BCUT2D eigenvalue weighted by molar-refractivity contribution is 0.0854. The Morgan fingerprint density at radius 1 is 1.18 bits per heavy atom. The maximum atomic E-state index is 12.9. The molecule has 5 heteroatoms. The van der Waals surface area contributed by atoms with Crippen molar-refractivity contribution in [1.82, 2.24) is 5.32 Å². The van der Waals surface area contributed by atoms with Crippen LogP contribution in [-0.4, -0.2) is 17.1 Å². The molecular weight excluding hydrogens is 301 g/mol. The van der Waals surface area contributed by atoms with Crippen LogP contribution >= 0.6 is 11.3 Å². The van der Waals surface area contributed by atoms with E-state index in [9.17, 15) is 14.3 Å². The summed E-state index contributed by atoms with van der Waals surface area (Å²) in [7, 11) is 0. The molecule has 0 saturated heterocycles. The molecular formula is C17H20FNO2S. The van der Waals surface area contributed by atoms with Gasteiger partial charge in [-0.15, -0.1) is 11.3 Å². The molecule has 2 rings (SSSR count). The zero-order chi connectivity index (χ0) is 16.3. The van der Waals surface area contributed by atoms with Crippen LogP contribution in [0.4, 0.5) is 4.39 Å². The van der Waals surface area contributed by atoms with E-state index in [-0.39, 0.29) is 17.6 Å². The molecule has 118 valence electrons. The van der Waals surface area contributed by atoms with Crippen LogP contribution in [0.25, 0.3) is 0 Å². The zero-order valence-electron chi connectivity index (χ0n) is 12.8. The van der Waals surface area contributed by atoms with Crippen molar-refractivity contribution >= 4 is 17.2 Å². The van der Waals surface area contributed by atoms with Crippen molar-refractivity contribution < 1.29 is 14.3 Å². The Labute approximate surface area is 133 Å². The summed E-state index contributed by atoms with van der Waals surface area (Å²) in [6.45, 7) is 5.81. The molecule has 0 bridgehead atoms. The van der Waals surface area contributed by atoms with Gasteiger partial charge in [-0.2, -0.15) is 0 Å². The van der Waals surface area contributed by atoms with E-state index in [1.165, 1.54) is 35.6 Å². The lowest BCUT2D eigenvalue weighted by Gasteiger charge is -2.21. The first-order valence-electron chi connectivity index (χ1n) is 7.22. The van der Waals surface area contributed by atoms with Gasteiger partial charge < -0.3 is 10.4 Å². The minimum atomic E-state index is -0.882. The molecule has 0 aliphatic carbocycles. The molecule has 1 aromatic heterocycles. The number of hydrogen-bond acceptors (Lipinski definition) is 3. The van der Waals surface area contributed by atoms with E-state index >= 15 is 0 Å². The van der Waals surface area contributed by atoms with Gasteiger partial charge in [0.15, 0.2) is 0 Å². The molecule has 2 N–H and O–H groups in total. The normalized spacial score (nSPS) is 13.9. The number of aliphatic hydroxyl groups is 1. The first kappa shape index (κ1) is 16.6. The number of carbonyl (C=O) groups excluding carboxylic acids is 1. The van der Waals surface area contributed by atoms with Crippen molar-refractivity contribution in [3.8, 4) is 0 Å². The van der Waals surface area contributed by atoms with Gasteiger partial charge in [0.05, 0.1) is 17.0 Å². The largest absolute Gasteiger partial charge is 0.386 e. The first-order chi connectivity index (χ1) is 10.4. The fourth-order valence-corrected chi connectivity index (χ4v) is 3.21. The second kappa shape index (κ2) is 7.03. The lowest BCUT2D eigenvalue weighted by atomic mass is 10.0. The molecule has 0 saturated carbocycles. The lowest BCUT2D eigenvalue weighted by Crippen LogP contribution is -2.37. The van der Waals surface area contributed by atoms with E-state index in [1.54, 1.807) is 6.92 Å². The van der Waals surface area contributed by atoms with Gasteiger partial charge in [0.1, 0.15) is 5.82 Å². The minimum absolute atomic E-state index is 0.188. The summed E-state index contributed by atoms with van der Waals surface area (Å²) >= 11 is 1.39. The topological polar surface area (TPSA) is 49.3 Å². The Morgan fingerprint density at radius 3 is 2.41 bits per heavy atom. The molecule has 22 heavy (non-hydrogen) atoms. The number of thiophene rings is 1. The molecule has 2 atom stereocenters. The van der Waals surface area contributed by atoms with Crippen molar-refractivity contribution in [3.63, 3.8) is 0 Å². The summed E-state index contributed by atoms with van der Waals surface area (Å²) in [5.41, 5.74) is 1.58. The number of amides is 1. The van der Waals surface area contributed by atoms with Gasteiger partial charge in [-0.25, -0.2) is 4.39 Å². The Balaban J connectivity index is 2.07.